The second-order valence-corrected chi connectivity index (χ2v) is 12.7. The minimum absolute atomic E-state index is 0.627. The molecule has 0 radical (unpaired) electrons. The molecule has 0 unspecified atom stereocenters. The van der Waals surface area contributed by atoms with Gasteiger partial charge in [-0.25, -0.2) is 15.0 Å². The standard InChI is InChI=1S/C48H32N4/c1-4-12-33(13-5-1)35-21-25-37(26-22-35)44-32-43(31-41-20-11-29-49-45(41)44)36-23-27-39(28-24-36)47-50-46(38-16-8-3-9-17-38)51-48(52-47)42-19-10-18-40(30-42)34-14-6-2-7-15-34/h1-32H. The van der Waals surface area contributed by atoms with Crippen LogP contribution in [0.2, 0.25) is 0 Å². The highest BCUT2D eigenvalue weighted by Gasteiger charge is 2.14. The first kappa shape index (κ1) is 31.0. The van der Waals surface area contributed by atoms with E-state index in [1.807, 2.05) is 54.7 Å². The lowest BCUT2D eigenvalue weighted by Gasteiger charge is -2.12. The Balaban J connectivity index is 1.09. The minimum Gasteiger partial charge on any atom is -0.256 e. The third-order valence-electron chi connectivity index (χ3n) is 9.38. The summed E-state index contributed by atoms with van der Waals surface area (Å²) in [5.74, 6) is 1.90. The van der Waals surface area contributed by atoms with Crippen LogP contribution in [-0.2, 0) is 0 Å². The number of fused-ring (bicyclic) bond motifs is 1. The van der Waals surface area contributed by atoms with Crippen molar-refractivity contribution in [2.45, 2.75) is 0 Å². The number of hydrogen-bond acceptors (Lipinski definition) is 4. The second-order valence-electron chi connectivity index (χ2n) is 12.7. The number of nitrogens with zero attached hydrogens (tertiary/aromatic N) is 4. The first-order valence-electron chi connectivity index (χ1n) is 17.4. The molecule has 7 aromatic carbocycles. The van der Waals surface area contributed by atoms with Crippen LogP contribution in [0.3, 0.4) is 0 Å². The number of aromatic nitrogens is 4. The molecule has 0 saturated carbocycles. The molecule has 9 aromatic rings. The Labute approximate surface area is 302 Å². The molecule has 0 atom stereocenters. The van der Waals surface area contributed by atoms with Gasteiger partial charge in [-0.3, -0.25) is 4.98 Å². The van der Waals surface area contributed by atoms with Gasteiger partial charge < -0.3 is 0 Å². The molecular weight excluding hydrogens is 633 g/mol. The van der Waals surface area contributed by atoms with Crippen LogP contribution in [0.5, 0.6) is 0 Å². The van der Waals surface area contributed by atoms with Crippen LogP contribution < -0.4 is 0 Å². The molecule has 2 aromatic heterocycles. The molecule has 2 heterocycles. The number of pyridine rings is 1. The van der Waals surface area contributed by atoms with Crippen LogP contribution in [-0.4, -0.2) is 19.9 Å². The van der Waals surface area contributed by atoms with E-state index in [1.165, 1.54) is 11.1 Å². The second kappa shape index (κ2) is 13.7. The summed E-state index contributed by atoms with van der Waals surface area (Å²) in [6.45, 7) is 0. The van der Waals surface area contributed by atoms with Gasteiger partial charge in [-0.1, -0.05) is 164 Å². The smallest absolute Gasteiger partial charge is 0.164 e. The van der Waals surface area contributed by atoms with Crippen LogP contribution in [0.25, 0.3) is 89.6 Å². The Morgan fingerprint density at radius 2 is 0.712 bits per heavy atom. The topological polar surface area (TPSA) is 51.6 Å². The van der Waals surface area contributed by atoms with E-state index in [0.717, 1.165) is 61.0 Å². The van der Waals surface area contributed by atoms with Crippen molar-refractivity contribution in [1.29, 1.82) is 0 Å². The summed E-state index contributed by atoms with van der Waals surface area (Å²) in [5.41, 5.74) is 12.9. The van der Waals surface area contributed by atoms with Gasteiger partial charge in [0.1, 0.15) is 0 Å². The Kier molecular flexibility index (Phi) is 8.16. The predicted molar refractivity (Wildman–Crippen MR) is 213 cm³/mol. The highest BCUT2D eigenvalue weighted by Crippen LogP contribution is 2.35. The molecule has 0 bridgehead atoms. The molecule has 0 aliphatic heterocycles. The van der Waals surface area contributed by atoms with Crippen molar-refractivity contribution in [2.24, 2.45) is 0 Å². The summed E-state index contributed by atoms with van der Waals surface area (Å²) in [5, 5.41) is 1.10. The molecular formula is C48H32N4. The maximum atomic E-state index is 5.03. The molecule has 0 N–H and O–H groups in total. The highest BCUT2D eigenvalue weighted by atomic mass is 15.0. The van der Waals surface area contributed by atoms with Crippen molar-refractivity contribution < 1.29 is 0 Å². The van der Waals surface area contributed by atoms with Gasteiger partial charge in [0.15, 0.2) is 17.5 Å². The van der Waals surface area contributed by atoms with E-state index in [1.54, 1.807) is 0 Å². The molecule has 52 heavy (non-hydrogen) atoms. The van der Waals surface area contributed by atoms with Gasteiger partial charge in [0.05, 0.1) is 5.52 Å². The average Bonchev–Trinajstić information content (AvgIpc) is 3.24. The zero-order valence-electron chi connectivity index (χ0n) is 28.3. The highest BCUT2D eigenvalue weighted by molar-refractivity contribution is 5.97. The zero-order chi connectivity index (χ0) is 34.7. The Bertz CT molecular complexity index is 2640. The summed E-state index contributed by atoms with van der Waals surface area (Å²) in [4.78, 5) is 19.8. The van der Waals surface area contributed by atoms with Crippen molar-refractivity contribution in [1.82, 2.24) is 19.9 Å². The molecule has 0 spiro atoms. The molecule has 0 aliphatic carbocycles. The van der Waals surface area contributed by atoms with Gasteiger partial charge in [-0.05, 0) is 63.2 Å². The third-order valence-corrected chi connectivity index (χ3v) is 9.38. The van der Waals surface area contributed by atoms with E-state index >= 15 is 0 Å². The lowest BCUT2D eigenvalue weighted by molar-refractivity contribution is 1.07. The number of rotatable bonds is 7. The van der Waals surface area contributed by atoms with Crippen LogP contribution in [0.1, 0.15) is 0 Å². The quantitative estimate of drug-likeness (QED) is 0.170. The van der Waals surface area contributed by atoms with Gasteiger partial charge in [0, 0.05) is 33.8 Å². The monoisotopic (exact) mass is 664 g/mol. The van der Waals surface area contributed by atoms with Crippen LogP contribution in [0.15, 0.2) is 194 Å². The summed E-state index contributed by atoms with van der Waals surface area (Å²) in [6.07, 6.45) is 1.86. The fraction of sp³-hybridized carbons (Fsp3) is 0. The Morgan fingerprint density at radius 1 is 0.269 bits per heavy atom. The predicted octanol–water partition coefficient (Wildman–Crippen LogP) is 12.1. The van der Waals surface area contributed by atoms with E-state index in [4.69, 9.17) is 19.9 Å². The average molecular weight is 665 g/mol. The minimum atomic E-state index is 0.627. The van der Waals surface area contributed by atoms with E-state index in [9.17, 15) is 0 Å². The molecule has 0 saturated heterocycles. The lowest BCUT2D eigenvalue weighted by atomic mass is 9.94. The van der Waals surface area contributed by atoms with Crippen molar-refractivity contribution in [2.75, 3.05) is 0 Å². The van der Waals surface area contributed by atoms with Crippen molar-refractivity contribution in [3.8, 4) is 78.7 Å². The summed E-state index contributed by atoms with van der Waals surface area (Å²) >= 11 is 0. The zero-order valence-corrected chi connectivity index (χ0v) is 28.3. The number of benzene rings is 7. The maximum absolute atomic E-state index is 5.03. The summed E-state index contributed by atoms with van der Waals surface area (Å²) in [7, 11) is 0. The fourth-order valence-corrected chi connectivity index (χ4v) is 6.68. The molecule has 244 valence electrons. The Morgan fingerprint density at radius 3 is 1.35 bits per heavy atom. The van der Waals surface area contributed by atoms with Crippen molar-refractivity contribution in [3.05, 3.63) is 194 Å². The third kappa shape index (κ3) is 6.26. The van der Waals surface area contributed by atoms with Crippen LogP contribution in [0.4, 0.5) is 0 Å². The van der Waals surface area contributed by atoms with E-state index in [2.05, 4.69) is 140 Å². The molecule has 9 rings (SSSR count). The van der Waals surface area contributed by atoms with E-state index < -0.39 is 0 Å². The van der Waals surface area contributed by atoms with Gasteiger partial charge in [0.25, 0.3) is 0 Å². The van der Waals surface area contributed by atoms with Gasteiger partial charge in [0.2, 0.25) is 0 Å². The normalized spacial score (nSPS) is 11.1. The summed E-state index contributed by atoms with van der Waals surface area (Å²) in [6, 6.07) is 65.2. The van der Waals surface area contributed by atoms with E-state index in [-0.39, 0.29) is 0 Å². The summed E-state index contributed by atoms with van der Waals surface area (Å²) < 4.78 is 0. The van der Waals surface area contributed by atoms with Gasteiger partial charge in [-0.15, -0.1) is 0 Å². The molecule has 4 nitrogen and oxygen atoms in total. The molecule has 0 aliphatic rings. The van der Waals surface area contributed by atoms with Crippen molar-refractivity contribution in [3.63, 3.8) is 0 Å². The first-order valence-corrected chi connectivity index (χ1v) is 17.4. The maximum Gasteiger partial charge on any atom is 0.164 e. The first-order chi connectivity index (χ1) is 25.7. The Hall–Kier alpha value is -7.04. The van der Waals surface area contributed by atoms with Crippen LogP contribution in [0, 0.1) is 0 Å². The van der Waals surface area contributed by atoms with Crippen LogP contribution >= 0.6 is 0 Å². The fourth-order valence-electron chi connectivity index (χ4n) is 6.68. The SMILES string of the molecule is c1ccc(-c2ccc(-c3cc(-c4ccc(-c5nc(-c6ccccc6)nc(-c6cccc(-c7ccccc7)c6)n5)cc4)cc4cccnc34)cc2)cc1. The van der Waals surface area contributed by atoms with Gasteiger partial charge >= 0.3 is 0 Å². The number of hydrogen-bond donors (Lipinski definition) is 0. The van der Waals surface area contributed by atoms with E-state index in [0.29, 0.717) is 17.5 Å². The van der Waals surface area contributed by atoms with Gasteiger partial charge in [-0.2, -0.15) is 0 Å². The molecule has 0 amide bonds. The lowest BCUT2D eigenvalue weighted by Crippen LogP contribution is -2.00. The molecule has 0 fully saturated rings. The largest absolute Gasteiger partial charge is 0.256 e. The molecule has 4 heteroatoms. The van der Waals surface area contributed by atoms with Crippen molar-refractivity contribution >= 4 is 10.9 Å².